The Balaban J connectivity index is 2.16. The maximum Gasteiger partial charge on any atom is 0.337 e. The molecule has 0 amide bonds. The van der Waals surface area contributed by atoms with E-state index in [1.54, 1.807) is 12.1 Å². The number of hydrogen-bond acceptors (Lipinski definition) is 4. The number of methoxy groups -OCH3 is 1. The molecule has 0 spiro atoms. The van der Waals surface area contributed by atoms with Crippen molar-refractivity contribution in [1.29, 1.82) is 0 Å². The lowest BCUT2D eigenvalue weighted by Gasteiger charge is -2.34. The number of aromatic amines is 1. The van der Waals surface area contributed by atoms with Gasteiger partial charge in [-0.15, -0.1) is 0 Å². The van der Waals surface area contributed by atoms with Crippen molar-refractivity contribution in [3.8, 4) is 0 Å². The van der Waals surface area contributed by atoms with Crippen molar-refractivity contribution in [3.05, 3.63) is 44.6 Å². The van der Waals surface area contributed by atoms with Gasteiger partial charge in [0.05, 0.1) is 23.6 Å². The van der Waals surface area contributed by atoms with Gasteiger partial charge in [-0.2, -0.15) is 0 Å². The lowest BCUT2D eigenvalue weighted by atomic mass is 9.78. The van der Waals surface area contributed by atoms with E-state index in [-0.39, 0.29) is 17.5 Å². The molecule has 0 radical (unpaired) electrons. The molecule has 3 atom stereocenters. The smallest absolute Gasteiger partial charge is 0.337 e. The molecule has 1 fully saturated rings. The highest BCUT2D eigenvalue weighted by Crippen LogP contribution is 2.36. The number of nitrogens with zero attached hydrogens (tertiary/aromatic N) is 1. The summed E-state index contributed by atoms with van der Waals surface area (Å²) in [6.07, 6.45) is 2.97. The molecule has 1 heterocycles. The third-order valence-corrected chi connectivity index (χ3v) is 5.35. The minimum absolute atomic E-state index is 0.0883. The Morgan fingerprint density at radius 1 is 1.25 bits per heavy atom. The first kappa shape index (κ1) is 16.5. The maximum atomic E-state index is 12.9. The van der Waals surface area contributed by atoms with Crippen LogP contribution in [0, 0.1) is 11.8 Å². The van der Waals surface area contributed by atoms with Gasteiger partial charge >= 0.3 is 11.7 Å². The fraction of sp³-hybridized carbons (Fsp3) is 0.500. The molecule has 24 heavy (non-hydrogen) atoms. The first-order valence-electron chi connectivity index (χ1n) is 8.31. The van der Waals surface area contributed by atoms with E-state index in [1.165, 1.54) is 17.7 Å². The van der Waals surface area contributed by atoms with E-state index in [2.05, 4.69) is 23.6 Å². The van der Waals surface area contributed by atoms with Crippen LogP contribution in [0.15, 0.2) is 27.8 Å². The van der Waals surface area contributed by atoms with Gasteiger partial charge in [-0.3, -0.25) is 9.36 Å². The van der Waals surface area contributed by atoms with Crippen molar-refractivity contribution >= 4 is 16.9 Å². The first-order valence-corrected chi connectivity index (χ1v) is 8.31. The molecule has 0 saturated heterocycles. The van der Waals surface area contributed by atoms with Gasteiger partial charge in [0.1, 0.15) is 0 Å². The van der Waals surface area contributed by atoms with Crippen LogP contribution in [0.5, 0.6) is 0 Å². The molecule has 0 unspecified atom stereocenters. The highest BCUT2D eigenvalue weighted by molar-refractivity contribution is 5.93. The van der Waals surface area contributed by atoms with Gasteiger partial charge in [-0.05, 0) is 36.5 Å². The highest BCUT2D eigenvalue weighted by Gasteiger charge is 2.30. The molecule has 2 aromatic rings. The summed E-state index contributed by atoms with van der Waals surface area (Å²) >= 11 is 0. The quantitative estimate of drug-likeness (QED) is 0.858. The summed E-state index contributed by atoms with van der Waals surface area (Å²) in [5, 5.41) is 0.410. The van der Waals surface area contributed by atoms with Crippen molar-refractivity contribution < 1.29 is 9.53 Å². The van der Waals surface area contributed by atoms with Crippen LogP contribution < -0.4 is 11.2 Å². The number of hydrogen-bond donors (Lipinski definition) is 1. The van der Waals surface area contributed by atoms with Crippen LogP contribution in [0.1, 0.15) is 49.5 Å². The molecule has 1 aromatic heterocycles. The molecule has 0 bridgehead atoms. The second-order valence-corrected chi connectivity index (χ2v) is 6.69. The zero-order valence-corrected chi connectivity index (χ0v) is 14.2. The monoisotopic (exact) mass is 330 g/mol. The first-order chi connectivity index (χ1) is 11.4. The van der Waals surface area contributed by atoms with Crippen molar-refractivity contribution in [2.75, 3.05) is 7.11 Å². The zero-order valence-electron chi connectivity index (χ0n) is 14.2. The van der Waals surface area contributed by atoms with E-state index in [1.807, 2.05) is 0 Å². The minimum Gasteiger partial charge on any atom is -0.465 e. The van der Waals surface area contributed by atoms with Gasteiger partial charge < -0.3 is 9.72 Å². The van der Waals surface area contributed by atoms with E-state index in [0.29, 0.717) is 22.4 Å². The topological polar surface area (TPSA) is 81.2 Å². The molecule has 1 aliphatic carbocycles. The van der Waals surface area contributed by atoms with Crippen LogP contribution in [0.25, 0.3) is 10.9 Å². The minimum atomic E-state index is -0.503. The summed E-state index contributed by atoms with van der Waals surface area (Å²) in [5.74, 6) is 0.244. The average Bonchev–Trinajstić information content (AvgIpc) is 2.57. The normalized spacial score (nSPS) is 24.0. The Kier molecular flexibility index (Phi) is 4.30. The lowest BCUT2D eigenvalue weighted by Crippen LogP contribution is -2.42. The van der Waals surface area contributed by atoms with Crippen molar-refractivity contribution in [2.24, 2.45) is 11.8 Å². The van der Waals surface area contributed by atoms with Crippen LogP contribution in [0.2, 0.25) is 0 Å². The Labute approximate surface area is 139 Å². The predicted octanol–water partition coefficient (Wildman–Crippen LogP) is 2.47. The fourth-order valence-corrected chi connectivity index (χ4v) is 3.70. The standard InChI is InChI=1S/C18H22N2O4/c1-10-5-4-6-15(11(10)2)20-16(21)13-8-7-12(17(22)24-3)9-14(13)19-18(20)23/h7-11,15H,4-6H2,1-3H3,(H,19,23)/t10-,11-,15+/m0/s1. The number of carbonyl (C=O) groups excluding carboxylic acids is 1. The van der Waals surface area contributed by atoms with Gasteiger partial charge in [0, 0.05) is 6.04 Å². The van der Waals surface area contributed by atoms with Crippen LogP contribution in [0.3, 0.4) is 0 Å². The van der Waals surface area contributed by atoms with E-state index in [0.717, 1.165) is 19.3 Å². The van der Waals surface area contributed by atoms with E-state index in [4.69, 9.17) is 0 Å². The molecule has 1 aromatic carbocycles. The Morgan fingerprint density at radius 2 is 2.00 bits per heavy atom. The molecule has 0 aliphatic heterocycles. The predicted molar refractivity (Wildman–Crippen MR) is 91.4 cm³/mol. The van der Waals surface area contributed by atoms with Crippen LogP contribution in [0.4, 0.5) is 0 Å². The third-order valence-electron chi connectivity index (χ3n) is 5.35. The number of esters is 1. The number of rotatable bonds is 2. The number of nitrogens with one attached hydrogen (secondary N) is 1. The Hall–Kier alpha value is -2.37. The molecular formula is C18H22N2O4. The number of carbonyl (C=O) groups is 1. The summed E-state index contributed by atoms with van der Waals surface area (Å²) in [6.45, 7) is 4.27. The second-order valence-electron chi connectivity index (χ2n) is 6.69. The Bertz CT molecular complexity index is 896. The van der Waals surface area contributed by atoms with Crippen LogP contribution >= 0.6 is 0 Å². The summed E-state index contributed by atoms with van der Waals surface area (Å²) in [7, 11) is 1.29. The SMILES string of the molecule is COC(=O)c1ccc2c(=O)n([C@@H]3CCC[C@H](C)[C@@H]3C)c(=O)[nH]c2c1. The van der Waals surface area contributed by atoms with E-state index < -0.39 is 11.7 Å². The highest BCUT2D eigenvalue weighted by atomic mass is 16.5. The summed E-state index contributed by atoms with van der Waals surface area (Å²) in [6, 6.07) is 4.52. The molecule has 3 rings (SSSR count). The third kappa shape index (κ3) is 2.66. The number of H-pyrrole nitrogens is 1. The van der Waals surface area contributed by atoms with Crippen molar-refractivity contribution in [2.45, 2.75) is 39.2 Å². The number of aromatic nitrogens is 2. The molecule has 6 nitrogen and oxygen atoms in total. The fourth-order valence-electron chi connectivity index (χ4n) is 3.70. The maximum absolute atomic E-state index is 12.9. The van der Waals surface area contributed by atoms with Crippen molar-refractivity contribution in [3.63, 3.8) is 0 Å². The molecular weight excluding hydrogens is 308 g/mol. The van der Waals surface area contributed by atoms with Crippen LogP contribution in [-0.2, 0) is 4.74 Å². The zero-order chi connectivity index (χ0) is 17.4. The van der Waals surface area contributed by atoms with Gasteiger partial charge in [-0.1, -0.05) is 26.7 Å². The molecule has 128 valence electrons. The number of fused-ring (bicyclic) bond motifs is 1. The van der Waals surface area contributed by atoms with Gasteiger partial charge in [0.25, 0.3) is 5.56 Å². The summed E-state index contributed by atoms with van der Waals surface area (Å²) in [4.78, 5) is 39.8. The van der Waals surface area contributed by atoms with Crippen LogP contribution in [-0.4, -0.2) is 22.6 Å². The average molecular weight is 330 g/mol. The number of benzene rings is 1. The number of ether oxygens (including phenoxy) is 1. The molecule has 6 heteroatoms. The molecule has 1 saturated carbocycles. The van der Waals surface area contributed by atoms with Gasteiger partial charge in [0.2, 0.25) is 0 Å². The molecule has 1 N–H and O–H groups in total. The van der Waals surface area contributed by atoms with E-state index >= 15 is 0 Å². The van der Waals surface area contributed by atoms with E-state index in [9.17, 15) is 14.4 Å². The van der Waals surface area contributed by atoms with Gasteiger partial charge in [0.15, 0.2) is 0 Å². The summed E-state index contributed by atoms with van der Waals surface area (Å²) in [5.41, 5.74) is -0.0466. The lowest BCUT2D eigenvalue weighted by molar-refractivity contribution is 0.0601. The van der Waals surface area contributed by atoms with Gasteiger partial charge in [-0.25, -0.2) is 9.59 Å². The Morgan fingerprint density at radius 3 is 2.71 bits per heavy atom. The van der Waals surface area contributed by atoms with Crippen molar-refractivity contribution in [1.82, 2.24) is 9.55 Å². The second kappa shape index (κ2) is 6.26. The molecule has 1 aliphatic rings. The largest absolute Gasteiger partial charge is 0.465 e. The summed E-state index contributed by atoms with van der Waals surface area (Å²) < 4.78 is 6.04.